The Morgan fingerprint density at radius 2 is 1.89 bits per heavy atom. The Bertz CT molecular complexity index is 889. The summed E-state index contributed by atoms with van der Waals surface area (Å²) in [6, 6.07) is 15.8. The van der Waals surface area contributed by atoms with Gasteiger partial charge in [-0.05, 0) is 44.5 Å². The van der Waals surface area contributed by atoms with Gasteiger partial charge in [-0.15, -0.1) is 10.2 Å². The third-order valence-electron chi connectivity index (χ3n) is 4.23. The summed E-state index contributed by atoms with van der Waals surface area (Å²) < 4.78 is 5.64. The molecule has 140 valence electrons. The monoisotopic (exact) mass is 381 g/mol. The van der Waals surface area contributed by atoms with Gasteiger partial charge in [0.25, 0.3) is 5.91 Å². The van der Waals surface area contributed by atoms with Gasteiger partial charge in [-0.3, -0.25) is 4.79 Å². The molecule has 6 heteroatoms. The smallest absolute Gasteiger partial charge is 0.287 e. The van der Waals surface area contributed by atoms with Crippen LogP contribution in [0.2, 0.25) is 0 Å². The van der Waals surface area contributed by atoms with Gasteiger partial charge in [-0.2, -0.15) is 0 Å². The third kappa shape index (κ3) is 5.20. The Kier molecular flexibility index (Phi) is 6.29. The maximum Gasteiger partial charge on any atom is 0.287 e. The number of amides is 1. The first-order valence-corrected chi connectivity index (χ1v) is 9.97. The quantitative estimate of drug-likeness (QED) is 0.592. The number of nitrogens with zero attached hydrogens (tertiary/aromatic N) is 2. The molecule has 0 saturated heterocycles. The van der Waals surface area contributed by atoms with Crippen molar-refractivity contribution in [3.05, 3.63) is 65.6 Å². The Hall–Kier alpha value is -2.60. The maximum atomic E-state index is 12.1. The first-order chi connectivity index (χ1) is 13.0. The van der Waals surface area contributed by atoms with Crippen molar-refractivity contribution in [1.82, 2.24) is 15.5 Å². The predicted octanol–water partition coefficient (Wildman–Crippen LogP) is 4.87. The zero-order valence-electron chi connectivity index (χ0n) is 15.7. The number of rotatable bonds is 7. The van der Waals surface area contributed by atoms with Gasteiger partial charge in [0.05, 0.1) is 11.4 Å². The van der Waals surface area contributed by atoms with Crippen molar-refractivity contribution in [3.63, 3.8) is 0 Å². The summed E-state index contributed by atoms with van der Waals surface area (Å²) >= 11 is 1.52. The Morgan fingerprint density at radius 1 is 1.11 bits per heavy atom. The number of carbonyl (C=O) groups is 1. The van der Waals surface area contributed by atoms with E-state index in [2.05, 4.69) is 34.6 Å². The number of carbonyl (C=O) groups excluding carboxylic acids is 1. The standard InChI is InChI=1S/C21H23N3O2S/c1-4-15(3)22-21(25)19-11-9-17(26-19)13-27-20-12-10-18(23-24-20)16-7-5-14(2)6-8-16/h5-12,15H,4,13H2,1-3H3,(H,22,25). The normalized spacial score (nSPS) is 12.0. The van der Waals surface area contributed by atoms with Crippen LogP contribution in [-0.2, 0) is 5.75 Å². The second kappa shape index (κ2) is 8.86. The van der Waals surface area contributed by atoms with Crippen molar-refractivity contribution in [2.45, 2.75) is 44.0 Å². The molecule has 1 atom stereocenters. The van der Waals surface area contributed by atoms with E-state index in [0.29, 0.717) is 11.5 Å². The van der Waals surface area contributed by atoms with Crippen LogP contribution in [0.15, 0.2) is 58.0 Å². The average Bonchev–Trinajstić information content (AvgIpc) is 3.16. The largest absolute Gasteiger partial charge is 0.455 e. The lowest BCUT2D eigenvalue weighted by molar-refractivity contribution is 0.0910. The SMILES string of the molecule is CCC(C)NC(=O)c1ccc(CSc2ccc(-c3ccc(C)cc3)nn2)o1. The Morgan fingerprint density at radius 3 is 2.56 bits per heavy atom. The summed E-state index contributed by atoms with van der Waals surface area (Å²) in [5.41, 5.74) is 3.11. The minimum atomic E-state index is -0.178. The van der Waals surface area contributed by atoms with E-state index >= 15 is 0 Å². The van der Waals surface area contributed by atoms with Crippen molar-refractivity contribution in [2.75, 3.05) is 0 Å². The van der Waals surface area contributed by atoms with Crippen LogP contribution in [0, 0.1) is 6.92 Å². The molecule has 0 aliphatic rings. The first-order valence-electron chi connectivity index (χ1n) is 8.98. The molecular formula is C21H23N3O2S. The molecule has 0 saturated carbocycles. The molecule has 5 nitrogen and oxygen atoms in total. The van der Waals surface area contributed by atoms with Gasteiger partial charge in [-0.25, -0.2) is 0 Å². The van der Waals surface area contributed by atoms with Crippen LogP contribution in [0.4, 0.5) is 0 Å². The van der Waals surface area contributed by atoms with E-state index in [4.69, 9.17) is 4.42 Å². The second-order valence-electron chi connectivity index (χ2n) is 6.46. The molecule has 2 heterocycles. The molecule has 1 aromatic carbocycles. The third-order valence-corrected chi connectivity index (χ3v) is 5.17. The summed E-state index contributed by atoms with van der Waals surface area (Å²) in [4.78, 5) is 12.1. The van der Waals surface area contributed by atoms with Gasteiger partial charge in [0, 0.05) is 11.6 Å². The lowest BCUT2D eigenvalue weighted by Crippen LogP contribution is -2.31. The minimum Gasteiger partial charge on any atom is -0.455 e. The highest BCUT2D eigenvalue weighted by Gasteiger charge is 2.13. The lowest BCUT2D eigenvalue weighted by atomic mass is 10.1. The number of benzene rings is 1. The fourth-order valence-electron chi connectivity index (χ4n) is 2.39. The fourth-order valence-corrected chi connectivity index (χ4v) is 3.10. The molecular weight excluding hydrogens is 358 g/mol. The van der Waals surface area contributed by atoms with E-state index in [1.165, 1.54) is 17.3 Å². The molecule has 2 aromatic heterocycles. The molecule has 1 unspecified atom stereocenters. The van der Waals surface area contributed by atoms with Crippen molar-refractivity contribution in [2.24, 2.45) is 0 Å². The molecule has 0 radical (unpaired) electrons. The molecule has 3 rings (SSSR count). The van der Waals surface area contributed by atoms with Gasteiger partial charge in [-0.1, -0.05) is 48.5 Å². The summed E-state index contributed by atoms with van der Waals surface area (Å²) in [7, 11) is 0. The van der Waals surface area contributed by atoms with Crippen molar-refractivity contribution in [1.29, 1.82) is 0 Å². The van der Waals surface area contributed by atoms with Crippen molar-refractivity contribution in [3.8, 4) is 11.3 Å². The van der Waals surface area contributed by atoms with Crippen LogP contribution in [0.3, 0.4) is 0 Å². The molecule has 1 N–H and O–H groups in total. The van der Waals surface area contributed by atoms with E-state index in [1.54, 1.807) is 6.07 Å². The number of thioether (sulfide) groups is 1. The summed E-state index contributed by atoms with van der Waals surface area (Å²) in [6.45, 7) is 6.06. The van der Waals surface area contributed by atoms with E-state index in [9.17, 15) is 4.79 Å². The van der Waals surface area contributed by atoms with E-state index in [0.717, 1.165) is 28.5 Å². The molecule has 27 heavy (non-hydrogen) atoms. The zero-order valence-corrected chi connectivity index (χ0v) is 16.5. The fraction of sp³-hybridized carbons (Fsp3) is 0.286. The van der Waals surface area contributed by atoms with Crippen molar-refractivity contribution >= 4 is 17.7 Å². The van der Waals surface area contributed by atoms with Gasteiger partial charge in [0.15, 0.2) is 5.76 Å². The highest BCUT2D eigenvalue weighted by Crippen LogP contribution is 2.24. The summed E-state index contributed by atoms with van der Waals surface area (Å²) in [5.74, 6) is 1.49. The van der Waals surface area contributed by atoms with Crippen LogP contribution < -0.4 is 5.32 Å². The number of hydrogen-bond acceptors (Lipinski definition) is 5. The van der Waals surface area contributed by atoms with Crippen LogP contribution in [-0.4, -0.2) is 22.1 Å². The molecule has 0 aliphatic carbocycles. The number of nitrogens with one attached hydrogen (secondary N) is 1. The first kappa shape index (κ1) is 19.2. The summed E-state index contributed by atoms with van der Waals surface area (Å²) in [6.07, 6.45) is 0.881. The highest BCUT2D eigenvalue weighted by molar-refractivity contribution is 7.98. The molecule has 0 bridgehead atoms. The topological polar surface area (TPSA) is 68.0 Å². The van der Waals surface area contributed by atoms with E-state index in [-0.39, 0.29) is 11.9 Å². The lowest BCUT2D eigenvalue weighted by Gasteiger charge is -2.09. The van der Waals surface area contributed by atoms with Crippen LogP contribution in [0.25, 0.3) is 11.3 Å². The van der Waals surface area contributed by atoms with Crippen LogP contribution in [0.1, 0.15) is 42.1 Å². The number of furan rings is 1. The zero-order chi connectivity index (χ0) is 19.2. The molecule has 0 spiro atoms. The van der Waals surface area contributed by atoms with E-state index in [1.807, 2.05) is 44.2 Å². The van der Waals surface area contributed by atoms with Gasteiger partial charge in [0.1, 0.15) is 10.8 Å². The number of aryl methyl sites for hydroxylation is 1. The van der Waals surface area contributed by atoms with Gasteiger partial charge < -0.3 is 9.73 Å². The molecule has 3 aromatic rings. The summed E-state index contributed by atoms with van der Waals surface area (Å²) in [5, 5.41) is 12.3. The minimum absolute atomic E-state index is 0.128. The number of aromatic nitrogens is 2. The van der Waals surface area contributed by atoms with Crippen molar-refractivity contribution < 1.29 is 9.21 Å². The number of hydrogen-bond donors (Lipinski definition) is 1. The second-order valence-corrected chi connectivity index (χ2v) is 7.46. The molecule has 0 fully saturated rings. The van der Waals surface area contributed by atoms with Gasteiger partial charge >= 0.3 is 0 Å². The highest BCUT2D eigenvalue weighted by atomic mass is 32.2. The van der Waals surface area contributed by atoms with Crippen LogP contribution in [0.5, 0.6) is 0 Å². The van der Waals surface area contributed by atoms with Crippen LogP contribution >= 0.6 is 11.8 Å². The molecule has 0 aliphatic heterocycles. The Labute approximate surface area is 163 Å². The van der Waals surface area contributed by atoms with Gasteiger partial charge in [0.2, 0.25) is 0 Å². The predicted molar refractivity (Wildman–Crippen MR) is 108 cm³/mol. The van der Waals surface area contributed by atoms with E-state index < -0.39 is 0 Å². The maximum absolute atomic E-state index is 12.1. The average molecular weight is 382 g/mol. The molecule has 1 amide bonds. The Balaban J connectivity index is 1.57.